The van der Waals surface area contributed by atoms with Crippen molar-refractivity contribution in [2.24, 2.45) is 0 Å². The maximum atomic E-state index is 11.7. The molecule has 1 aromatic rings. The number of halogens is 3. The molecule has 0 fully saturated rings. The molecule has 3 nitrogen and oxygen atoms in total. The fraction of sp³-hybridized carbons (Fsp3) is 0.200. The molecule has 0 atom stereocenters. The lowest BCUT2D eigenvalue weighted by molar-refractivity contribution is -0.135. The van der Waals surface area contributed by atoms with E-state index in [0.29, 0.717) is 5.56 Å². The summed E-state index contributed by atoms with van der Waals surface area (Å²) in [5, 5.41) is 1.72. The van der Waals surface area contributed by atoms with Gasteiger partial charge in [0, 0.05) is 18.5 Å². The Labute approximate surface area is 90.0 Å². The minimum Gasteiger partial charge on any atom is -0.343 e. The Hall–Kier alpha value is -1.85. The first kappa shape index (κ1) is 12.2. The van der Waals surface area contributed by atoms with Crippen LogP contribution in [0, 0.1) is 0 Å². The second-order valence-corrected chi connectivity index (χ2v) is 2.95. The number of amides is 1. The number of alkyl halides is 3. The van der Waals surface area contributed by atoms with Crippen LogP contribution in [-0.2, 0) is 4.79 Å². The fourth-order valence-electron chi connectivity index (χ4n) is 0.893. The van der Waals surface area contributed by atoms with Gasteiger partial charge < -0.3 is 5.32 Å². The average Bonchev–Trinajstić information content (AvgIpc) is 2.24. The summed E-state index contributed by atoms with van der Waals surface area (Å²) in [6.07, 6.45) is 1.08. The third kappa shape index (κ3) is 5.14. The van der Waals surface area contributed by atoms with Crippen LogP contribution < -0.4 is 5.32 Å². The number of nitrogens with zero attached hydrogens (tertiary/aromatic N) is 1. The lowest BCUT2D eigenvalue weighted by Gasteiger charge is -2.05. The number of hydrogen-bond acceptors (Lipinski definition) is 2. The van der Waals surface area contributed by atoms with E-state index >= 15 is 0 Å². The van der Waals surface area contributed by atoms with Gasteiger partial charge in [-0.2, -0.15) is 13.2 Å². The monoisotopic (exact) mass is 230 g/mol. The molecule has 0 unspecified atom stereocenters. The molecular formula is C10H9F3N2O. The van der Waals surface area contributed by atoms with Crippen LogP contribution in [-0.4, -0.2) is 23.6 Å². The SMILES string of the molecule is O=C(/C=C/c1cccnc1)NCC(F)(F)F. The van der Waals surface area contributed by atoms with Crippen molar-refractivity contribution in [2.75, 3.05) is 6.54 Å². The van der Waals surface area contributed by atoms with Gasteiger partial charge in [-0.05, 0) is 17.7 Å². The summed E-state index contributed by atoms with van der Waals surface area (Å²) < 4.78 is 35.2. The first-order chi connectivity index (χ1) is 7.47. The molecule has 1 aromatic heterocycles. The molecule has 16 heavy (non-hydrogen) atoms. The highest BCUT2D eigenvalue weighted by molar-refractivity contribution is 5.91. The quantitative estimate of drug-likeness (QED) is 0.804. The van der Waals surface area contributed by atoms with Crippen molar-refractivity contribution >= 4 is 12.0 Å². The van der Waals surface area contributed by atoms with Crippen molar-refractivity contribution in [2.45, 2.75) is 6.18 Å². The Morgan fingerprint density at radius 3 is 2.81 bits per heavy atom. The highest BCUT2D eigenvalue weighted by Crippen LogP contribution is 2.12. The van der Waals surface area contributed by atoms with E-state index < -0.39 is 18.6 Å². The largest absolute Gasteiger partial charge is 0.405 e. The summed E-state index contributed by atoms with van der Waals surface area (Å²) in [5.74, 6) is -0.791. The van der Waals surface area contributed by atoms with E-state index in [0.717, 1.165) is 6.08 Å². The number of carbonyl (C=O) groups is 1. The van der Waals surface area contributed by atoms with E-state index in [4.69, 9.17) is 0 Å². The van der Waals surface area contributed by atoms with E-state index in [1.165, 1.54) is 12.3 Å². The Bertz CT molecular complexity index is 373. The van der Waals surface area contributed by atoms with Crippen molar-refractivity contribution in [1.29, 1.82) is 0 Å². The Morgan fingerprint density at radius 2 is 2.25 bits per heavy atom. The van der Waals surface area contributed by atoms with Gasteiger partial charge in [0.25, 0.3) is 0 Å². The van der Waals surface area contributed by atoms with Gasteiger partial charge >= 0.3 is 6.18 Å². The zero-order valence-corrected chi connectivity index (χ0v) is 8.16. The molecule has 1 rings (SSSR count). The zero-order chi connectivity index (χ0) is 12.0. The minimum atomic E-state index is -4.39. The Balaban J connectivity index is 2.43. The van der Waals surface area contributed by atoms with Gasteiger partial charge in [0.2, 0.25) is 5.91 Å². The summed E-state index contributed by atoms with van der Waals surface area (Å²) >= 11 is 0. The molecule has 0 aliphatic heterocycles. The summed E-state index contributed by atoms with van der Waals surface area (Å²) in [7, 11) is 0. The summed E-state index contributed by atoms with van der Waals surface area (Å²) in [6, 6.07) is 3.34. The average molecular weight is 230 g/mol. The zero-order valence-electron chi connectivity index (χ0n) is 8.16. The molecule has 1 N–H and O–H groups in total. The van der Waals surface area contributed by atoms with Crippen molar-refractivity contribution in [3.8, 4) is 0 Å². The molecule has 0 spiro atoms. The maximum Gasteiger partial charge on any atom is 0.405 e. The van der Waals surface area contributed by atoms with E-state index in [2.05, 4.69) is 4.98 Å². The topological polar surface area (TPSA) is 42.0 Å². The van der Waals surface area contributed by atoms with Gasteiger partial charge in [0.15, 0.2) is 0 Å². The molecule has 86 valence electrons. The molecule has 0 aliphatic rings. The van der Waals surface area contributed by atoms with Crippen LogP contribution in [0.25, 0.3) is 6.08 Å². The highest BCUT2D eigenvalue weighted by atomic mass is 19.4. The fourth-order valence-corrected chi connectivity index (χ4v) is 0.893. The van der Waals surface area contributed by atoms with Gasteiger partial charge in [-0.15, -0.1) is 0 Å². The molecular weight excluding hydrogens is 221 g/mol. The van der Waals surface area contributed by atoms with Crippen molar-refractivity contribution < 1.29 is 18.0 Å². The molecule has 0 aliphatic carbocycles. The third-order valence-electron chi connectivity index (χ3n) is 1.57. The lowest BCUT2D eigenvalue weighted by atomic mass is 10.2. The normalized spacial score (nSPS) is 11.7. The second kappa shape index (κ2) is 5.29. The van der Waals surface area contributed by atoms with Gasteiger partial charge in [-0.25, -0.2) is 0 Å². The van der Waals surface area contributed by atoms with Crippen LogP contribution in [0.15, 0.2) is 30.6 Å². The smallest absolute Gasteiger partial charge is 0.343 e. The standard InChI is InChI=1S/C10H9F3N2O/c11-10(12,13)7-15-9(16)4-3-8-2-1-5-14-6-8/h1-6H,7H2,(H,15,16)/b4-3+. The van der Waals surface area contributed by atoms with Crippen molar-refractivity contribution in [3.63, 3.8) is 0 Å². The summed E-state index contributed by atoms with van der Waals surface area (Å²) in [5.41, 5.74) is 0.643. The van der Waals surface area contributed by atoms with Gasteiger partial charge in [-0.3, -0.25) is 9.78 Å². The van der Waals surface area contributed by atoms with E-state index in [1.54, 1.807) is 23.6 Å². The van der Waals surface area contributed by atoms with E-state index in [1.807, 2.05) is 0 Å². The van der Waals surface area contributed by atoms with Crippen LogP contribution in [0.4, 0.5) is 13.2 Å². The van der Waals surface area contributed by atoms with Gasteiger partial charge in [-0.1, -0.05) is 6.07 Å². The molecule has 0 saturated carbocycles. The number of rotatable bonds is 3. The van der Waals surface area contributed by atoms with E-state index in [9.17, 15) is 18.0 Å². The number of hydrogen-bond donors (Lipinski definition) is 1. The molecule has 1 heterocycles. The number of carbonyl (C=O) groups excluding carboxylic acids is 1. The van der Waals surface area contributed by atoms with Crippen molar-refractivity contribution in [1.82, 2.24) is 10.3 Å². The first-order valence-electron chi connectivity index (χ1n) is 4.40. The number of pyridine rings is 1. The third-order valence-corrected chi connectivity index (χ3v) is 1.57. The molecule has 0 bridgehead atoms. The second-order valence-electron chi connectivity index (χ2n) is 2.95. The number of aromatic nitrogens is 1. The maximum absolute atomic E-state index is 11.7. The molecule has 0 saturated heterocycles. The van der Waals surface area contributed by atoms with Crippen molar-refractivity contribution in [3.05, 3.63) is 36.2 Å². The lowest BCUT2D eigenvalue weighted by Crippen LogP contribution is -2.32. The first-order valence-corrected chi connectivity index (χ1v) is 4.40. The predicted octanol–water partition coefficient (Wildman–Crippen LogP) is 1.77. The molecule has 0 radical (unpaired) electrons. The van der Waals surface area contributed by atoms with Crippen LogP contribution in [0.5, 0.6) is 0 Å². The van der Waals surface area contributed by atoms with E-state index in [-0.39, 0.29) is 0 Å². The number of nitrogens with one attached hydrogen (secondary N) is 1. The van der Waals surface area contributed by atoms with Gasteiger partial charge in [0.1, 0.15) is 6.54 Å². The highest BCUT2D eigenvalue weighted by Gasteiger charge is 2.27. The summed E-state index contributed by atoms with van der Waals surface area (Å²) in [6.45, 7) is -1.33. The Morgan fingerprint density at radius 1 is 1.50 bits per heavy atom. The molecule has 1 amide bonds. The van der Waals surface area contributed by atoms with Crippen LogP contribution >= 0.6 is 0 Å². The van der Waals surface area contributed by atoms with Crippen LogP contribution in [0.2, 0.25) is 0 Å². The van der Waals surface area contributed by atoms with Crippen LogP contribution in [0.3, 0.4) is 0 Å². The van der Waals surface area contributed by atoms with Crippen LogP contribution in [0.1, 0.15) is 5.56 Å². The summed E-state index contributed by atoms with van der Waals surface area (Å²) in [4.78, 5) is 14.7. The van der Waals surface area contributed by atoms with Gasteiger partial charge in [0.05, 0.1) is 0 Å². The Kier molecular flexibility index (Phi) is 4.04. The minimum absolute atomic E-state index is 0.643. The predicted molar refractivity (Wildman–Crippen MR) is 52.3 cm³/mol. The molecule has 6 heteroatoms. The molecule has 0 aromatic carbocycles.